The molecule has 0 aliphatic carbocycles. The molecule has 0 aromatic heterocycles. The lowest BCUT2D eigenvalue weighted by molar-refractivity contribution is -0.307. The molecular weight excluding hydrogens is 164 g/mol. The van der Waals surface area contributed by atoms with Gasteiger partial charge in [-0.25, -0.2) is 0 Å². The monoisotopic (exact) mass is 172 g/mol. The zero-order chi connectivity index (χ0) is 9.12. The summed E-state index contributed by atoms with van der Waals surface area (Å²) in [6.07, 6.45) is -4.96. The molecule has 66 valence electrons. The van der Waals surface area contributed by atoms with Gasteiger partial charge in [-0.3, -0.25) is 0 Å². The second-order valence-electron chi connectivity index (χ2n) is 1.78. The third kappa shape index (κ3) is 2.18. The highest BCUT2D eigenvalue weighted by atomic mass is 19.4. The lowest BCUT2D eigenvalue weighted by atomic mass is 10.3. The number of alkyl halides is 4. The Bertz CT molecular complexity index is 142. The molecule has 0 radical (unpaired) electrons. The molecule has 0 aromatic carbocycles. The highest BCUT2D eigenvalue weighted by Crippen LogP contribution is 2.35. The van der Waals surface area contributed by atoms with Gasteiger partial charge in [-0.05, 0) is 13.0 Å². The summed E-state index contributed by atoms with van der Waals surface area (Å²) in [7, 11) is 0. The quantitative estimate of drug-likeness (QED) is 0.469. The minimum atomic E-state index is -5.05. The molecule has 0 saturated heterocycles. The Morgan fingerprint density at radius 2 is 1.82 bits per heavy atom. The molecule has 0 aromatic rings. The summed E-state index contributed by atoms with van der Waals surface area (Å²) in [4.78, 5) is 0. The normalized spacial score (nSPS) is 17.5. The largest absolute Gasteiger partial charge is 0.452 e. The van der Waals surface area contributed by atoms with Crippen LogP contribution in [0, 0.1) is 0 Å². The first-order chi connectivity index (χ1) is 4.87. The van der Waals surface area contributed by atoms with Crippen LogP contribution >= 0.6 is 0 Å². The second kappa shape index (κ2) is 3.21. The van der Waals surface area contributed by atoms with Crippen molar-refractivity contribution < 1.29 is 22.3 Å². The van der Waals surface area contributed by atoms with Crippen molar-refractivity contribution in [2.24, 2.45) is 0 Å². The van der Waals surface area contributed by atoms with Gasteiger partial charge in [-0.2, -0.15) is 17.6 Å². The molecular formula is C6H8F4O. The van der Waals surface area contributed by atoms with E-state index >= 15 is 0 Å². The number of ether oxygens (including phenoxy) is 1. The van der Waals surface area contributed by atoms with Gasteiger partial charge in [-0.1, -0.05) is 6.58 Å². The maximum absolute atomic E-state index is 12.6. The summed E-state index contributed by atoms with van der Waals surface area (Å²) in [5, 5.41) is 0. The fraction of sp³-hybridized carbons (Fsp3) is 0.667. The van der Waals surface area contributed by atoms with Gasteiger partial charge in [0.1, 0.15) is 0 Å². The summed E-state index contributed by atoms with van der Waals surface area (Å²) in [5.41, 5.74) is 0. The Hall–Kier alpha value is -0.580. The van der Waals surface area contributed by atoms with Gasteiger partial charge in [0.2, 0.25) is 0 Å². The third-order valence-corrected chi connectivity index (χ3v) is 1.00. The first kappa shape index (κ1) is 10.4. The van der Waals surface area contributed by atoms with Crippen LogP contribution < -0.4 is 0 Å². The van der Waals surface area contributed by atoms with E-state index in [9.17, 15) is 17.6 Å². The lowest BCUT2D eigenvalue weighted by Crippen LogP contribution is -2.41. The Kier molecular flexibility index (Phi) is 3.04. The lowest BCUT2D eigenvalue weighted by Gasteiger charge is -2.23. The first-order valence-corrected chi connectivity index (χ1v) is 2.90. The SMILES string of the molecule is C=CC(F)(OCC)C(F)(F)F. The van der Waals surface area contributed by atoms with Gasteiger partial charge in [-0.15, -0.1) is 0 Å². The van der Waals surface area contributed by atoms with E-state index in [1.807, 2.05) is 0 Å². The molecule has 1 unspecified atom stereocenters. The van der Waals surface area contributed by atoms with E-state index in [1.165, 1.54) is 6.92 Å². The van der Waals surface area contributed by atoms with Crippen molar-refractivity contribution in [1.82, 2.24) is 0 Å². The predicted molar refractivity (Wildman–Crippen MR) is 31.7 cm³/mol. The zero-order valence-corrected chi connectivity index (χ0v) is 5.91. The summed E-state index contributed by atoms with van der Waals surface area (Å²) < 4.78 is 51.6. The number of rotatable bonds is 3. The summed E-state index contributed by atoms with van der Waals surface area (Å²) in [6.45, 7) is 3.61. The van der Waals surface area contributed by atoms with E-state index in [-0.39, 0.29) is 12.7 Å². The van der Waals surface area contributed by atoms with Crippen LogP contribution in [0.25, 0.3) is 0 Å². The molecule has 1 atom stereocenters. The van der Waals surface area contributed by atoms with Crippen molar-refractivity contribution in [1.29, 1.82) is 0 Å². The molecule has 0 N–H and O–H groups in total. The molecule has 0 rings (SSSR count). The summed E-state index contributed by atoms with van der Waals surface area (Å²) >= 11 is 0. The van der Waals surface area contributed by atoms with Gasteiger partial charge in [0, 0.05) is 6.61 Å². The minimum absolute atomic E-state index is 0.0938. The average Bonchev–Trinajstić information content (AvgIpc) is 1.86. The maximum Gasteiger partial charge on any atom is 0.452 e. The van der Waals surface area contributed by atoms with Crippen molar-refractivity contribution in [3.8, 4) is 0 Å². The number of hydrogen-bond acceptors (Lipinski definition) is 1. The van der Waals surface area contributed by atoms with Crippen LogP contribution in [0.5, 0.6) is 0 Å². The smallest absolute Gasteiger partial charge is 0.336 e. The number of halogens is 4. The molecule has 0 bridgehead atoms. The molecule has 0 aliphatic heterocycles. The van der Waals surface area contributed by atoms with Gasteiger partial charge in [0.05, 0.1) is 0 Å². The van der Waals surface area contributed by atoms with Crippen LogP contribution in [0.4, 0.5) is 17.6 Å². The van der Waals surface area contributed by atoms with Gasteiger partial charge in [0.25, 0.3) is 0 Å². The van der Waals surface area contributed by atoms with E-state index in [1.54, 1.807) is 0 Å². The van der Waals surface area contributed by atoms with Gasteiger partial charge in [0.15, 0.2) is 0 Å². The van der Waals surface area contributed by atoms with Crippen LogP contribution in [0.15, 0.2) is 12.7 Å². The standard InChI is InChI=1S/C6H8F4O/c1-3-5(7,11-4-2)6(8,9)10/h3H,1,4H2,2H3. The van der Waals surface area contributed by atoms with Crippen LogP contribution in [-0.4, -0.2) is 18.6 Å². The highest BCUT2D eigenvalue weighted by molar-refractivity contribution is 4.94. The maximum atomic E-state index is 12.6. The van der Waals surface area contributed by atoms with E-state index in [2.05, 4.69) is 11.3 Å². The summed E-state index contributed by atoms with van der Waals surface area (Å²) in [5.74, 6) is -3.71. The van der Waals surface area contributed by atoms with Crippen molar-refractivity contribution >= 4 is 0 Å². The van der Waals surface area contributed by atoms with Gasteiger partial charge >= 0.3 is 12.0 Å². The Morgan fingerprint density at radius 1 is 1.36 bits per heavy atom. The van der Waals surface area contributed by atoms with Crippen LogP contribution in [0.1, 0.15) is 6.92 Å². The van der Waals surface area contributed by atoms with Crippen molar-refractivity contribution in [3.05, 3.63) is 12.7 Å². The average molecular weight is 172 g/mol. The van der Waals surface area contributed by atoms with Crippen molar-refractivity contribution in [2.45, 2.75) is 19.0 Å². The zero-order valence-electron chi connectivity index (χ0n) is 5.91. The first-order valence-electron chi connectivity index (χ1n) is 2.90. The molecule has 11 heavy (non-hydrogen) atoms. The molecule has 0 aliphatic rings. The Balaban J connectivity index is 4.46. The van der Waals surface area contributed by atoms with E-state index in [0.29, 0.717) is 0 Å². The van der Waals surface area contributed by atoms with Crippen LogP contribution in [0.3, 0.4) is 0 Å². The molecule has 0 amide bonds. The van der Waals surface area contributed by atoms with E-state index in [0.717, 1.165) is 0 Å². The molecule has 0 fully saturated rings. The molecule has 1 nitrogen and oxygen atoms in total. The Morgan fingerprint density at radius 3 is 1.91 bits per heavy atom. The van der Waals surface area contributed by atoms with E-state index < -0.39 is 12.0 Å². The van der Waals surface area contributed by atoms with Crippen molar-refractivity contribution in [2.75, 3.05) is 6.61 Å². The van der Waals surface area contributed by atoms with Gasteiger partial charge < -0.3 is 4.74 Å². The molecule has 5 heteroatoms. The fourth-order valence-corrected chi connectivity index (χ4v) is 0.467. The topological polar surface area (TPSA) is 9.23 Å². The molecule has 0 saturated carbocycles. The molecule has 0 spiro atoms. The van der Waals surface area contributed by atoms with Crippen LogP contribution in [0.2, 0.25) is 0 Å². The highest BCUT2D eigenvalue weighted by Gasteiger charge is 2.55. The minimum Gasteiger partial charge on any atom is -0.336 e. The van der Waals surface area contributed by atoms with E-state index in [4.69, 9.17) is 0 Å². The summed E-state index contributed by atoms with van der Waals surface area (Å²) in [6, 6.07) is 0. The number of hydrogen-bond donors (Lipinski definition) is 0. The predicted octanol–water partition coefficient (Wildman–Crippen LogP) is 2.44. The van der Waals surface area contributed by atoms with Crippen LogP contribution in [-0.2, 0) is 4.74 Å². The second-order valence-corrected chi connectivity index (χ2v) is 1.78. The fourth-order valence-electron chi connectivity index (χ4n) is 0.467. The Labute approximate surface area is 61.7 Å². The van der Waals surface area contributed by atoms with Crippen molar-refractivity contribution in [3.63, 3.8) is 0 Å². The molecule has 0 heterocycles. The third-order valence-electron chi connectivity index (χ3n) is 1.00.